The maximum absolute atomic E-state index is 13.6. The highest BCUT2D eigenvalue weighted by atomic mass is 19.1. The summed E-state index contributed by atoms with van der Waals surface area (Å²) in [5, 5.41) is 18.3. The highest BCUT2D eigenvalue weighted by Gasteiger charge is 2.17. The second-order valence-electron chi connectivity index (χ2n) is 4.86. The van der Waals surface area contributed by atoms with E-state index in [0.29, 0.717) is 11.1 Å². The van der Waals surface area contributed by atoms with E-state index in [1.165, 1.54) is 36.4 Å². The van der Waals surface area contributed by atoms with Gasteiger partial charge < -0.3 is 0 Å². The molecule has 1 aromatic heterocycles. The molecule has 24 heavy (non-hydrogen) atoms. The number of benzene rings is 2. The average molecular weight is 318 g/mol. The molecule has 0 unspecified atom stereocenters. The summed E-state index contributed by atoms with van der Waals surface area (Å²) in [6, 6.07) is 14.8. The zero-order valence-corrected chi connectivity index (χ0v) is 12.2. The molecule has 0 amide bonds. The van der Waals surface area contributed by atoms with Gasteiger partial charge in [-0.1, -0.05) is 24.3 Å². The SMILES string of the molecule is N#Cc1nc(-c2cccc(F)c2)c(-c2cccc(F)c2)nc1C#N. The molecule has 3 rings (SSSR count). The van der Waals surface area contributed by atoms with E-state index in [0.717, 1.165) is 0 Å². The minimum atomic E-state index is -0.484. The summed E-state index contributed by atoms with van der Waals surface area (Å²) in [4.78, 5) is 8.29. The van der Waals surface area contributed by atoms with E-state index in [9.17, 15) is 8.78 Å². The Bertz CT molecular complexity index is 934. The van der Waals surface area contributed by atoms with Gasteiger partial charge in [-0.15, -0.1) is 0 Å². The lowest BCUT2D eigenvalue weighted by Crippen LogP contribution is -2.01. The van der Waals surface area contributed by atoms with Gasteiger partial charge in [0.25, 0.3) is 0 Å². The van der Waals surface area contributed by atoms with Gasteiger partial charge in [-0.05, 0) is 24.3 Å². The molecule has 114 valence electrons. The molecule has 0 spiro atoms. The second-order valence-corrected chi connectivity index (χ2v) is 4.86. The zero-order valence-electron chi connectivity index (χ0n) is 12.2. The van der Waals surface area contributed by atoms with Crippen LogP contribution >= 0.6 is 0 Å². The largest absolute Gasteiger partial charge is 0.232 e. The van der Waals surface area contributed by atoms with E-state index in [2.05, 4.69) is 9.97 Å². The van der Waals surface area contributed by atoms with Gasteiger partial charge in [0, 0.05) is 11.1 Å². The molecule has 2 aromatic carbocycles. The van der Waals surface area contributed by atoms with Crippen molar-refractivity contribution in [3.05, 3.63) is 71.6 Å². The van der Waals surface area contributed by atoms with Gasteiger partial charge in [-0.25, -0.2) is 18.7 Å². The molecule has 0 aliphatic heterocycles. The van der Waals surface area contributed by atoms with Crippen LogP contribution in [0, 0.1) is 34.3 Å². The van der Waals surface area contributed by atoms with Gasteiger partial charge in [-0.2, -0.15) is 10.5 Å². The molecule has 0 radical (unpaired) electrons. The lowest BCUT2D eigenvalue weighted by Gasteiger charge is -2.10. The summed E-state index contributed by atoms with van der Waals surface area (Å²) in [7, 11) is 0. The first-order valence-electron chi connectivity index (χ1n) is 6.86. The predicted molar refractivity (Wildman–Crippen MR) is 82.3 cm³/mol. The maximum Gasteiger partial charge on any atom is 0.177 e. The Hall–Kier alpha value is -3.64. The van der Waals surface area contributed by atoms with Gasteiger partial charge in [0.05, 0.1) is 11.4 Å². The topological polar surface area (TPSA) is 73.4 Å². The molecule has 0 atom stereocenters. The van der Waals surface area contributed by atoms with Crippen molar-refractivity contribution in [2.45, 2.75) is 0 Å². The highest BCUT2D eigenvalue weighted by Crippen LogP contribution is 2.30. The van der Waals surface area contributed by atoms with Crippen molar-refractivity contribution in [1.29, 1.82) is 10.5 Å². The van der Waals surface area contributed by atoms with E-state index >= 15 is 0 Å². The van der Waals surface area contributed by atoms with Crippen molar-refractivity contribution in [2.24, 2.45) is 0 Å². The van der Waals surface area contributed by atoms with Crippen LogP contribution in [0.5, 0.6) is 0 Å². The van der Waals surface area contributed by atoms with Crippen LogP contribution in [0.3, 0.4) is 0 Å². The maximum atomic E-state index is 13.6. The molecule has 0 saturated heterocycles. The van der Waals surface area contributed by atoms with Crippen LogP contribution in [0.4, 0.5) is 8.78 Å². The van der Waals surface area contributed by atoms with Crippen LogP contribution in [0.15, 0.2) is 48.5 Å². The molecule has 6 heteroatoms. The summed E-state index contributed by atoms with van der Waals surface area (Å²) >= 11 is 0. The molecule has 0 saturated carbocycles. The molecule has 1 heterocycles. The number of nitriles is 2. The van der Waals surface area contributed by atoms with Crippen LogP contribution < -0.4 is 0 Å². The van der Waals surface area contributed by atoms with Crippen LogP contribution in [0.25, 0.3) is 22.5 Å². The predicted octanol–water partition coefficient (Wildman–Crippen LogP) is 3.83. The Balaban J connectivity index is 2.34. The second kappa shape index (κ2) is 6.23. The number of halogens is 2. The van der Waals surface area contributed by atoms with Gasteiger partial charge in [-0.3, -0.25) is 0 Å². The van der Waals surface area contributed by atoms with Gasteiger partial charge >= 0.3 is 0 Å². The van der Waals surface area contributed by atoms with Crippen molar-refractivity contribution in [3.8, 4) is 34.7 Å². The molecule has 0 aliphatic rings. The monoisotopic (exact) mass is 318 g/mol. The van der Waals surface area contributed by atoms with E-state index in [-0.39, 0.29) is 22.8 Å². The first-order valence-corrected chi connectivity index (χ1v) is 6.86. The number of rotatable bonds is 2. The smallest absolute Gasteiger partial charge is 0.177 e. The number of hydrogen-bond acceptors (Lipinski definition) is 4. The van der Waals surface area contributed by atoms with Crippen molar-refractivity contribution in [1.82, 2.24) is 9.97 Å². The van der Waals surface area contributed by atoms with E-state index in [1.54, 1.807) is 24.3 Å². The minimum absolute atomic E-state index is 0.170. The van der Waals surface area contributed by atoms with Crippen molar-refractivity contribution in [3.63, 3.8) is 0 Å². The molecule has 0 bridgehead atoms. The molecule has 0 fully saturated rings. The molecule has 0 aliphatic carbocycles. The average Bonchev–Trinajstić information content (AvgIpc) is 2.60. The third-order valence-electron chi connectivity index (χ3n) is 3.30. The van der Waals surface area contributed by atoms with Crippen molar-refractivity contribution < 1.29 is 8.78 Å². The fourth-order valence-electron chi connectivity index (χ4n) is 2.27. The standard InChI is InChI=1S/C18H8F2N4/c19-13-5-1-3-11(7-13)17-18(12-4-2-6-14(20)8-12)24-16(10-22)15(9-21)23-17/h1-8H. The van der Waals surface area contributed by atoms with Gasteiger partial charge in [0.2, 0.25) is 0 Å². The summed E-state index contributed by atoms with van der Waals surface area (Å²) in [6.45, 7) is 0. The molecular weight excluding hydrogens is 310 g/mol. The summed E-state index contributed by atoms with van der Waals surface area (Å²) < 4.78 is 27.1. The zero-order chi connectivity index (χ0) is 17.1. The number of hydrogen-bond donors (Lipinski definition) is 0. The third kappa shape index (κ3) is 2.81. The minimum Gasteiger partial charge on any atom is -0.232 e. The Morgan fingerprint density at radius 1 is 0.708 bits per heavy atom. The Kier molecular flexibility index (Phi) is 3.96. The first kappa shape index (κ1) is 15.3. The summed E-state index contributed by atoms with van der Waals surface area (Å²) in [6.07, 6.45) is 0. The van der Waals surface area contributed by atoms with Crippen LogP contribution in [-0.4, -0.2) is 9.97 Å². The number of aromatic nitrogens is 2. The summed E-state index contributed by atoms with van der Waals surface area (Å²) in [5.41, 5.74) is 0.825. The van der Waals surface area contributed by atoms with Gasteiger partial charge in [0.15, 0.2) is 11.4 Å². The highest BCUT2D eigenvalue weighted by molar-refractivity contribution is 5.78. The molecule has 3 aromatic rings. The Labute approximate surface area is 136 Å². The molecule has 4 nitrogen and oxygen atoms in total. The quantitative estimate of drug-likeness (QED) is 0.719. The van der Waals surface area contributed by atoms with Crippen LogP contribution in [-0.2, 0) is 0 Å². The lowest BCUT2D eigenvalue weighted by molar-refractivity contribution is 0.627. The molecule has 0 N–H and O–H groups in total. The van der Waals surface area contributed by atoms with Crippen molar-refractivity contribution >= 4 is 0 Å². The van der Waals surface area contributed by atoms with Crippen LogP contribution in [0.2, 0.25) is 0 Å². The van der Waals surface area contributed by atoms with Crippen LogP contribution in [0.1, 0.15) is 11.4 Å². The fourth-order valence-corrected chi connectivity index (χ4v) is 2.27. The lowest BCUT2D eigenvalue weighted by atomic mass is 10.0. The first-order chi connectivity index (χ1) is 11.6. The van der Waals surface area contributed by atoms with Crippen molar-refractivity contribution in [2.75, 3.05) is 0 Å². The fraction of sp³-hybridized carbons (Fsp3) is 0. The third-order valence-corrected chi connectivity index (χ3v) is 3.30. The number of nitrogens with zero attached hydrogens (tertiary/aromatic N) is 4. The van der Waals surface area contributed by atoms with E-state index in [4.69, 9.17) is 10.5 Å². The normalized spacial score (nSPS) is 10.0. The van der Waals surface area contributed by atoms with Gasteiger partial charge in [0.1, 0.15) is 23.8 Å². The Morgan fingerprint density at radius 3 is 1.46 bits per heavy atom. The molecular formula is C18H8F2N4. The van der Waals surface area contributed by atoms with E-state index < -0.39 is 11.6 Å². The van der Waals surface area contributed by atoms with E-state index in [1.807, 2.05) is 0 Å². The Morgan fingerprint density at radius 2 is 1.12 bits per heavy atom. The summed E-state index contributed by atoms with van der Waals surface area (Å²) in [5.74, 6) is -0.968.